The predicted molar refractivity (Wildman–Crippen MR) is 280 cm³/mol. The molecule has 0 saturated carbocycles. The first kappa shape index (κ1) is 65.3. The van der Waals surface area contributed by atoms with Crippen molar-refractivity contribution in [3.05, 3.63) is 83.5 Å². The maximum atomic E-state index is 14.0. The lowest BCUT2D eigenvalue weighted by Gasteiger charge is -2.39. The summed E-state index contributed by atoms with van der Waals surface area (Å²) in [6.45, 7) is 1.38. The third-order valence-electron chi connectivity index (χ3n) is 12.4. The summed E-state index contributed by atoms with van der Waals surface area (Å²) < 4.78 is 59.0. The van der Waals surface area contributed by atoms with Crippen LogP contribution in [0.4, 0.5) is 5.82 Å². The second kappa shape index (κ2) is 36.2. The van der Waals surface area contributed by atoms with Crippen LogP contribution in [0.15, 0.2) is 77.8 Å². The molecular formula is C52H83N3O18P2. The Labute approximate surface area is 441 Å². The number of phosphoric acid groups is 2. The maximum absolute atomic E-state index is 14.0. The number of ketones is 1. The van der Waals surface area contributed by atoms with Crippen LogP contribution in [0.25, 0.3) is 0 Å². The molecule has 3 heterocycles. The van der Waals surface area contributed by atoms with E-state index >= 15 is 0 Å². The zero-order valence-corrected chi connectivity index (χ0v) is 45.3. The van der Waals surface area contributed by atoms with Gasteiger partial charge >= 0.3 is 33.3 Å². The third-order valence-corrected chi connectivity index (χ3v) is 15.0. The van der Waals surface area contributed by atoms with Crippen molar-refractivity contribution in [1.29, 1.82) is 0 Å². The normalized spacial score (nSPS) is 29.4. The van der Waals surface area contributed by atoms with Gasteiger partial charge in [0, 0.05) is 31.4 Å². The summed E-state index contributed by atoms with van der Waals surface area (Å²) in [6, 6.07) is 1.22. The predicted octanol–water partition coefficient (Wildman–Crippen LogP) is 7.70. The summed E-state index contributed by atoms with van der Waals surface area (Å²) in [5.74, 6) is -5.27. The highest BCUT2D eigenvalue weighted by Gasteiger charge is 2.45. The van der Waals surface area contributed by atoms with Crippen molar-refractivity contribution in [2.45, 2.75) is 192 Å². The van der Waals surface area contributed by atoms with Gasteiger partial charge in [0.25, 0.3) is 0 Å². The second-order valence-electron chi connectivity index (χ2n) is 18.8. The number of allylic oxidation sites excluding steroid dienone is 8. The van der Waals surface area contributed by atoms with Crippen molar-refractivity contribution < 1.29 is 81.3 Å². The number of hydrogen-bond acceptors (Lipinski definition) is 18. The number of hydrogen-bond donors (Lipinski definition) is 7. The summed E-state index contributed by atoms with van der Waals surface area (Å²) in [4.78, 5) is 78.2. The van der Waals surface area contributed by atoms with Crippen LogP contribution in [0.5, 0.6) is 0 Å². The molecule has 8 N–H and O–H groups in total. The molecule has 2 bridgehead atoms. The van der Waals surface area contributed by atoms with Gasteiger partial charge in [0.15, 0.2) is 6.10 Å². The molecule has 11 atom stereocenters. The molecule has 2 aliphatic heterocycles. The smallest absolute Gasteiger partial charge is 0.462 e. The van der Waals surface area contributed by atoms with E-state index in [-0.39, 0.29) is 37.9 Å². The van der Waals surface area contributed by atoms with Crippen molar-refractivity contribution in [3.8, 4) is 0 Å². The van der Waals surface area contributed by atoms with Gasteiger partial charge in [-0.05, 0) is 76.7 Å². The number of Topliss-reactive ketones (excluding diaryl/α,β-unsaturated/α-hetero) is 1. The Morgan fingerprint density at radius 3 is 2.17 bits per heavy atom. The monoisotopic (exact) mass is 1100 g/mol. The molecule has 0 amide bonds. The van der Waals surface area contributed by atoms with E-state index in [2.05, 4.69) is 52.7 Å². The number of fused-ring (bicyclic) bond motifs is 3. The minimum Gasteiger partial charge on any atom is -0.462 e. The van der Waals surface area contributed by atoms with Gasteiger partial charge in [0.05, 0.1) is 37.4 Å². The Kier molecular flexibility index (Phi) is 31.5. The molecule has 424 valence electrons. The molecule has 0 spiro atoms. The fourth-order valence-electron chi connectivity index (χ4n) is 8.19. The van der Waals surface area contributed by atoms with Crippen LogP contribution in [-0.4, -0.2) is 114 Å². The average Bonchev–Trinajstić information content (AvgIpc) is 3.35. The molecule has 1 saturated heterocycles. The number of esters is 2. The highest BCUT2D eigenvalue weighted by molar-refractivity contribution is 7.61. The first-order valence-electron chi connectivity index (χ1n) is 26.4. The number of anilines is 1. The lowest BCUT2D eigenvalue weighted by Crippen LogP contribution is -2.51. The minimum atomic E-state index is -5.73. The van der Waals surface area contributed by atoms with Crippen LogP contribution in [-0.2, 0) is 51.1 Å². The third kappa shape index (κ3) is 26.8. The number of nitrogens with two attached hydrogens (primary N) is 1. The summed E-state index contributed by atoms with van der Waals surface area (Å²) in [6.07, 6.45) is 20.4. The summed E-state index contributed by atoms with van der Waals surface area (Å²) >= 11 is 0. The molecule has 2 aliphatic rings. The Balaban J connectivity index is 1.78. The maximum Gasteiger partial charge on any atom is 0.481 e. The number of carbonyl (C=O) groups is 3. The quantitative estimate of drug-likeness (QED) is 0.0239. The van der Waals surface area contributed by atoms with Crippen molar-refractivity contribution in [1.82, 2.24) is 9.55 Å². The number of cyclic esters (lactones) is 1. The summed E-state index contributed by atoms with van der Waals surface area (Å²) in [5, 5.41) is 45.7. The molecule has 1 aromatic heterocycles. The van der Waals surface area contributed by atoms with Crippen LogP contribution in [0.2, 0.25) is 0 Å². The highest BCUT2D eigenvalue weighted by Crippen LogP contribution is 2.60. The summed E-state index contributed by atoms with van der Waals surface area (Å²) in [7, 11) is -11.3. The zero-order valence-electron chi connectivity index (χ0n) is 43.5. The van der Waals surface area contributed by atoms with E-state index in [0.29, 0.717) is 25.7 Å². The largest absolute Gasteiger partial charge is 0.481 e. The molecule has 0 aliphatic carbocycles. The number of nitrogen functional groups attached to an aromatic ring is 1. The SMILES string of the molecule is CCCCC/C=C\C/C=C\C/C=C\CCCCCCC(=O)O[C@@H]1COC(=O)CCC/C=C\C[C@@H]2[C@H](n3ccc(N)nc3=O)O[C@H](COP(=O)(O)OP(=O)(O)OC1)[C@@H](O)[C@@H](O)[C@@H](/C=C/[C@@H](O)CCCCC)C(=O)C[C@@H]2O. The Bertz CT molecular complexity index is 2170. The number of rotatable bonds is 23. The van der Waals surface area contributed by atoms with Gasteiger partial charge in [-0.2, -0.15) is 9.29 Å². The lowest BCUT2D eigenvalue weighted by molar-refractivity contribution is -0.186. The first-order valence-corrected chi connectivity index (χ1v) is 29.4. The molecule has 0 radical (unpaired) electrons. The number of ether oxygens (including phenoxy) is 3. The van der Waals surface area contributed by atoms with E-state index in [1.54, 1.807) is 12.2 Å². The molecule has 75 heavy (non-hydrogen) atoms. The van der Waals surface area contributed by atoms with Gasteiger partial charge in [0.1, 0.15) is 36.6 Å². The number of nitrogens with zero attached hydrogens (tertiary/aromatic N) is 2. The number of aromatic nitrogens is 2. The van der Waals surface area contributed by atoms with Crippen LogP contribution < -0.4 is 11.4 Å². The van der Waals surface area contributed by atoms with Gasteiger partial charge < -0.3 is 50.2 Å². The first-order chi connectivity index (χ1) is 35.9. The Morgan fingerprint density at radius 1 is 0.853 bits per heavy atom. The van der Waals surface area contributed by atoms with E-state index in [1.807, 2.05) is 6.92 Å². The van der Waals surface area contributed by atoms with E-state index in [0.717, 1.165) is 62.1 Å². The number of aliphatic hydroxyl groups is 4. The second-order valence-corrected chi connectivity index (χ2v) is 21.8. The molecule has 21 nitrogen and oxygen atoms in total. The zero-order chi connectivity index (χ0) is 55.1. The van der Waals surface area contributed by atoms with E-state index in [9.17, 15) is 58.5 Å². The van der Waals surface area contributed by atoms with E-state index in [1.165, 1.54) is 37.5 Å². The van der Waals surface area contributed by atoms with Crippen molar-refractivity contribution in [3.63, 3.8) is 0 Å². The Hall–Kier alpha value is -3.95. The topological polar surface area (TPSA) is 323 Å². The number of phosphoric ester groups is 2. The lowest BCUT2D eigenvalue weighted by atomic mass is 9.83. The Morgan fingerprint density at radius 2 is 1.49 bits per heavy atom. The van der Waals surface area contributed by atoms with Crippen LogP contribution in [0.1, 0.15) is 155 Å². The van der Waals surface area contributed by atoms with Gasteiger partial charge in [-0.1, -0.05) is 120 Å². The molecule has 2 unspecified atom stereocenters. The van der Waals surface area contributed by atoms with E-state index < -0.39 is 120 Å². The van der Waals surface area contributed by atoms with Crippen molar-refractivity contribution >= 4 is 39.2 Å². The highest BCUT2D eigenvalue weighted by atomic mass is 31.3. The van der Waals surface area contributed by atoms with Gasteiger partial charge in [-0.3, -0.25) is 28.0 Å². The fraction of sp³-hybridized carbons (Fsp3) is 0.673. The average molecular weight is 1100 g/mol. The van der Waals surface area contributed by atoms with Gasteiger partial charge in [-0.15, -0.1) is 0 Å². The van der Waals surface area contributed by atoms with Crippen LogP contribution in [0.3, 0.4) is 0 Å². The minimum absolute atomic E-state index is 0.0321. The van der Waals surface area contributed by atoms with Crippen LogP contribution >= 0.6 is 15.6 Å². The van der Waals surface area contributed by atoms with Crippen molar-refractivity contribution in [2.24, 2.45) is 11.8 Å². The standard InChI is InChI=1S/C52H83N3O18P2/c1-3-5-7-8-9-10-11-12-13-14-15-16-17-18-19-20-26-30-48(60)71-40-36-68-47(59)29-25-22-21-24-28-42-44(58)35-43(57)41(32-31-39(56)27-23-6-4-2)49(61)50(62)45(38-70-75(66,67)73-74(64,65)69-37-40)72-51(42)55-34-33-46(53)54-52(55)63/h9-10,12-13,15-16,21,24,31-34,39-42,44-45,49-51,56,58,61-62H,3-8,11,14,17-20,22-23,25-30,35-38H2,1-2H3,(H,64,65)(H,66,67)(H2,53,54,63)/b10-9-,13-12-,16-15-,24-21-,32-31+/t39-,40+,41-,42-,44-,45+,49-,50+,51+/m0/s1. The molecule has 0 aromatic carbocycles. The number of aliphatic hydroxyl groups excluding tert-OH is 4. The molecule has 23 heteroatoms. The number of carbonyl (C=O) groups excluding carboxylic acids is 3. The van der Waals surface area contributed by atoms with Crippen molar-refractivity contribution in [2.75, 3.05) is 25.6 Å². The fourth-order valence-corrected chi connectivity index (χ4v) is 10.3. The summed E-state index contributed by atoms with van der Waals surface area (Å²) in [5.41, 5.74) is 4.74. The van der Waals surface area contributed by atoms with Gasteiger partial charge in [-0.25, -0.2) is 13.9 Å². The van der Waals surface area contributed by atoms with Crippen LogP contribution in [0, 0.1) is 11.8 Å². The molecule has 1 aromatic rings. The molecular weight excluding hydrogens is 1020 g/mol. The number of unbranched alkanes of at least 4 members (excludes halogenated alkanes) is 9. The molecule has 3 rings (SSSR count). The van der Waals surface area contributed by atoms with Gasteiger partial charge in [0.2, 0.25) is 0 Å². The van der Waals surface area contributed by atoms with E-state index in [4.69, 9.17) is 29.0 Å². The molecule has 1 fully saturated rings.